The number of nitrogens with one attached hydrogen (secondary N) is 1. The topological polar surface area (TPSA) is 136 Å². The second kappa shape index (κ2) is 11.0. The first-order valence-corrected chi connectivity index (χ1v) is 8.81. The number of aliphatic carboxylic acids is 1. The molecule has 6 N–H and O–H groups in total. The van der Waals surface area contributed by atoms with Gasteiger partial charge in [-0.1, -0.05) is 30.3 Å². The molecular weight excluding hydrogens is 366 g/mol. The Labute approximate surface area is 157 Å². The van der Waals surface area contributed by atoms with Crippen LogP contribution < -0.4 is 16.8 Å². The Morgan fingerprint density at radius 2 is 1.88 bits per heavy atom. The molecule has 2 amide bonds. The third kappa shape index (κ3) is 7.76. The number of thioether (sulfide) groups is 1. The fourth-order valence-corrected chi connectivity index (χ4v) is 2.75. The van der Waals surface area contributed by atoms with E-state index in [-0.39, 0.29) is 18.8 Å². The van der Waals surface area contributed by atoms with E-state index >= 15 is 0 Å². The zero-order valence-corrected chi connectivity index (χ0v) is 15.6. The minimum atomic E-state index is -1.67. The Kier molecular flexibility index (Phi) is 10.2. The minimum Gasteiger partial charge on any atom is -0.481 e. The lowest BCUT2D eigenvalue weighted by molar-refractivity contribution is -0.142. The van der Waals surface area contributed by atoms with Crippen LogP contribution in [0.1, 0.15) is 18.4 Å². The molecule has 0 saturated heterocycles. The molecule has 0 fully saturated rings. The molecule has 1 aromatic rings. The summed E-state index contributed by atoms with van der Waals surface area (Å²) < 4.78 is 0. The van der Waals surface area contributed by atoms with Crippen LogP contribution in [0.3, 0.4) is 0 Å². The highest BCUT2D eigenvalue weighted by molar-refractivity contribution is 7.98. The van der Waals surface area contributed by atoms with Gasteiger partial charge in [-0.2, -0.15) is 11.8 Å². The number of halogens is 1. The van der Waals surface area contributed by atoms with Crippen molar-refractivity contribution in [1.29, 1.82) is 0 Å². The van der Waals surface area contributed by atoms with E-state index in [9.17, 15) is 14.4 Å². The summed E-state index contributed by atoms with van der Waals surface area (Å²) in [5.41, 5.74) is 10.5. The Morgan fingerprint density at radius 3 is 2.36 bits per heavy atom. The predicted octanol–water partition coefficient (Wildman–Crippen LogP) is 0.546. The average Bonchev–Trinajstić information content (AvgIpc) is 2.50. The van der Waals surface area contributed by atoms with Crippen molar-refractivity contribution in [2.75, 3.05) is 12.0 Å². The molecule has 0 saturated carbocycles. The van der Waals surface area contributed by atoms with Crippen LogP contribution in [0.4, 0.5) is 0 Å². The smallest absolute Gasteiger partial charge is 0.305 e. The average molecular weight is 390 g/mol. The number of nitrogens with two attached hydrogens (primary N) is 2. The second-order valence-electron chi connectivity index (χ2n) is 5.60. The van der Waals surface area contributed by atoms with Gasteiger partial charge >= 0.3 is 5.97 Å². The molecule has 0 aliphatic rings. The van der Waals surface area contributed by atoms with Crippen molar-refractivity contribution < 1.29 is 19.5 Å². The largest absolute Gasteiger partial charge is 0.481 e. The third-order valence-corrected chi connectivity index (χ3v) is 4.18. The maximum Gasteiger partial charge on any atom is 0.305 e. The van der Waals surface area contributed by atoms with E-state index < -0.39 is 35.8 Å². The Morgan fingerprint density at radius 1 is 1.28 bits per heavy atom. The first-order valence-electron chi connectivity index (χ1n) is 7.42. The van der Waals surface area contributed by atoms with Gasteiger partial charge < -0.3 is 21.9 Å². The number of carboxylic acids is 1. The van der Waals surface area contributed by atoms with Crippen LogP contribution in [0.15, 0.2) is 30.3 Å². The van der Waals surface area contributed by atoms with Gasteiger partial charge in [0, 0.05) is 0 Å². The third-order valence-electron chi connectivity index (χ3n) is 3.54. The second-order valence-corrected chi connectivity index (χ2v) is 6.58. The molecule has 0 heterocycles. The van der Waals surface area contributed by atoms with Crippen molar-refractivity contribution >= 4 is 42.0 Å². The molecule has 140 valence electrons. The summed E-state index contributed by atoms with van der Waals surface area (Å²) >= 11 is 1.51. The van der Waals surface area contributed by atoms with Crippen LogP contribution in [-0.2, 0) is 20.8 Å². The summed E-state index contributed by atoms with van der Waals surface area (Å²) in [5.74, 6) is -1.93. The maximum absolute atomic E-state index is 12.6. The van der Waals surface area contributed by atoms with Crippen molar-refractivity contribution in [3.8, 4) is 0 Å². The highest BCUT2D eigenvalue weighted by Gasteiger charge is 2.38. The Bertz CT molecular complexity index is 588. The summed E-state index contributed by atoms with van der Waals surface area (Å²) in [7, 11) is 0. The fourth-order valence-electron chi connectivity index (χ4n) is 2.28. The van der Waals surface area contributed by atoms with Gasteiger partial charge in [-0.3, -0.25) is 14.4 Å². The van der Waals surface area contributed by atoms with Crippen LogP contribution in [0.5, 0.6) is 0 Å². The number of carbonyl (C=O) groups is 3. The van der Waals surface area contributed by atoms with E-state index in [0.717, 1.165) is 5.56 Å². The van der Waals surface area contributed by atoms with Gasteiger partial charge in [0.25, 0.3) is 0 Å². The monoisotopic (exact) mass is 389 g/mol. The number of carbonyl (C=O) groups excluding carboxylic acids is 2. The fraction of sp³-hybridized carbons (Fsp3) is 0.438. The normalized spacial score (nSPS) is 13.8. The molecule has 0 aliphatic carbocycles. The number of hydrogen-bond donors (Lipinski definition) is 4. The summed E-state index contributed by atoms with van der Waals surface area (Å²) in [5, 5.41) is 11.6. The van der Waals surface area contributed by atoms with Crippen molar-refractivity contribution in [2.24, 2.45) is 11.5 Å². The first-order chi connectivity index (χ1) is 11.3. The van der Waals surface area contributed by atoms with Gasteiger partial charge in [-0.25, -0.2) is 0 Å². The number of hydrogen-bond acceptors (Lipinski definition) is 5. The molecule has 0 spiro atoms. The highest BCUT2D eigenvalue weighted by atomic mass is 35.5. The summed E-state index contributed by atoms with van der Waals surface area (Å²) in [4.78, 5) is 35.2. The van der Waals surface area contributed by atoms with E-state index in [2.05, 4.69) is 5.32 Å². The maximum atomic E-state index is 12.6. The summed E-state index contributed by atoms with van der Waals surface area (Å²) in [6.45, 7) is 0. The molecule has 2 atom stereocenters. The lowest BCUT2D eigenvalue weighted by atomic mass is 9.87. The van der Waals surface area contributed by atoms with E-state index in [1.165, 1.54) is 11.8 Å². The molecule has 0 unspecified atom stereocenters. The highest BCUT2D eigenvalue weighted by Crippen LogP contribution is 2.16. The molecule has 0 radical (unpaired) electrons. The van der Waals surface area contributed by atoms with E-state index in [1.807, 2.05) is 12.3 Å². The first kappa shape index (κ1) is 23.2. The van der Waals surface area contributed by atoms with Crippen LogP contribution in [0.25, 0.3) is 0 Å². The van der Waals surface area contributed by atoms with E-state index in [0.29, 0.717) is 12.2 Å². The van der Waals surface area contributed by atoms with Crippen molar-refractivity contribution in [3.63, 3.8) is 0 Å². The number of benzene rings is 1. The molecule has 7 nitrogen and oxygen atoms in total. The molecule has 0 aromatic heterocycles. The molecule has 25 heavy (non-hydrogen) atoms. The number of amides is 2. The lowest BCUT2D eigenvalue weighted by Gasteiger charge is -2.28. The van der Waals surface area contributed by atoms with Crippen molar-refractivity contribution in [3.05, 3.63) is 35.9 Å². The number of carboxylic acid groups (broad SMARTS) is 1. The molecular formula is C16H24ClN3O4S. The summed E-state index contributed by atoms with van der Waals surface area (Å²) in [6, 6.07) is 8.01. The van der Waals surface area contributed by atoms with Gasteiger partial charge in [-0.05, 0) is 30.4 Å². The van der Waals surface area contributed by atoms with Gasteiger partial charge in [0.15, 0.2) is 0 Å². The number of primary amides is 1. The molecule has 1 aromatic carbocycles. The van der Waals surface area contributed by atoms with Crippen molar-refractivity contribution in [2.45, 2.75) is 30.8 Å². The molecule has 9 heteroatoms. The Balaban J connectivity index is 0.00000576. The van der Waals surface area contributed by atoms with Gasteiger partial charge in [0.05, 0.1) is 6.42 Å². The van der Waals surface area contributed by atoms with Gasteiger partial charge in [0.1, 0.15) is 11.6 Å². The van der Waals surface area contributed by atoms with E-state index in [4.69, 9.17) is 16.6 Å². The van der Waals surface area contributed by atoms with Crippen LogP contribution in [0, 0.1) is 0 Å². The minimum absolute atomic E-state index is 0. The predicted molar refractivity (Wildman–Crippen MR) is 101 cm³/mol. The van der Waals surface area contributed by atoms with Crippen LogP contribution in [0.2, 0.25) is 0 Å². The quantitative estimate of drug-likeness (QED) is 0.461. The van der Waals surface area contributed by atoms with Crippen LogP contribution in [-0.4, -0.2) is 46.5 Å². The number of rotatable bonds is 10. The van der Waals surface area contributed by atoms with Gasteiger partial charge in [0.2, 0.25) is 11.8 Å². The molecule has 0 bridgehead atoms. The molecule has 1 rings (SSSR count). The van der Waals surface area contributed by atoms with Crippen LogP contribution >= 0.6 is 24.2 Å². The zero-order chi connectivity index (χ0) is 18.2. The summed E-state index contributed by atoms with van der Waals surface area (Å²) in [6.07, 6.45) is 1.71. The van der Waals surface area contributed by atoms with Crippen molar-refractivity contribution in [1.82, 2.24) is 5.32 Å². The SMILES string of the molecule is CSCC[C@H](NC(=O)[C@@](N)(CC(=O)O)Cc1ccccc1)C(N)=O.Cl. The molecule has 0 aliphatic heterocycles. The Hall–Kier alpha value is -1.77. The van der Waals surface area contributed by atoms with Gasteiger partial charge in [-0.15, -0.1) is 12.4 Å². The standard InChI is InChI=1S/C16H23N3O4S.ClH/c1-24-8-7-12(14(17)22)19-15(23)16(18,10-13(20)21)9-11-5-3-2-4-6-11;/h2-6,12H,7-10,18H2,1H3,(H2,17,22)(H,19,23)(H,20,21);1H/t12-,16-;/m0./s1. The lowest BCUT2D eigenvalue weighted by Crippen LogP contribution is -2.60. The van der Waals surface area contributed by atoms with E-state index in [1.54, 1.807) is 24.3 Å². The zero-order valence-electron chi connectivity index (χ0n) is 13.9.